The number of esters is 1. The van der Waals surface area contributed by atoms with Gasteiger partial charge in [-0.1, -0.05) is 25.1 Å². The second-order valence-electron chi connectivity index (χ2n) is 11.4. The third kappa shape index (κ3) is 5.74. The van der Waals surface area contributed by atoms with Gasteiger partial charge in [-0.05, 0) is 49.2 Å². The summed E-state index contributed by atoms with van der Waals surface area (Å²) < 4.78 is 49.4. The SMILES string of the molecule is C[C@H]1CN(c2c(NC(=O)c3ccc(F)c(-c4c(F)cccc4F)n3)cnc3c2CC[C@H]3OC(=O)c2ccccc2O)C[C@@H](N)[C@@H]1O. The molecule has 0 saturated carbocycles. The summed E-state index contributed by atoms with van der Waals surface area (Å²) in [6, 6.07) is 10.5. The Morgan fingerprint density at radius 2 is 1.76 bits per heavy atom. The van der Waals surface area contributed by atoms with E-state index in [-0.39, 0.29) is 35.2 Å². The molecule has 1 amide bonds. The van der Waals surface area contributed by atoms with Crippen LogP contribution in [0.1, 0.15) is 51.6 Å². The first-order chi connectivity index (χ1) is 22.0. The fraction of sp³-hybridized carbons (Fsp3) is 0.273. The van der Waals surface area contributed by atoms with Crippen molar-refractivity contribution in [2.75, 3.05) is 23.3 Å². The number of halogens is 3. The molecule has 1 fully saturated rings. The van der Waals surface area contributed by atoms with Gasteiger partial charge in [0.05, 0.1) is 34.9 Å². The lowest BCUT2D eigenvalue weighted by Crippen LogP contribution is -2.56. The maximum absolute atomic E-state index is 14.7. The van der Waals surface area contributed by atoms with Crippen LogP contribution < -0.4 is 16.0 Å². The monoisotopic (exact) mass is 633 g/mol. The van der Waals surface area contributed by atoms with Crippen molar-refractivity contribution in [2.24, 2.45) is 11.7 Å². The number of aliphatic hydroxyl groups is 1. The van der Waals surface area contributed by atoms with Crippen LogP contribution in [0.4, 0.5) is 24.5 Å². The molecule has 6 rings (SSSR count). The van der Waals surface area contributed by atoms with Crippen molar-refractivity contribution >= 4 is 23.3 Å². The van der Waals surface area contributed by atoms with E-state index in [1.807, 2.05) is 11.8 Å². The zero-order valence-electron chi connectivity index (χ0n) is 24.6. The number of aromatic nitrogens is 2. The number of benzene rings is 2. The van der Waals surface area contributed by atoms with Gasteiger partial charge >= 0.3 is 5.97 Å². The molecule has 1 saturated heterocycles. The highest BCUT2D eigenvalue weighted by Gasteiger charge is 2.37. The molecule has 2 aliphatic rings. The van der Waals surface area contributed by atoms with Crippen molar-refractivity contribution in [2.45, 2.75) is 38.0 Å². The summed E-state index contributed by atoms with van der Waals surface area (Å²) in [4.78, 5) is 36.8. The summed E-state index contributed by atoms with van der Waals surface area (Å²) in [5.41, 5.74) is 6.56. The first kappa shape index (κ1) is 31.0. The smallest absolute Gasteiger partial charge is 0.342 e. The maximum Gasteiger partial charge on any atom is 0.342 e. The van der Waals surface area contributed by atoms with Crippen molar-refractivity contribution in [1.29, 1.82) is 0 Å². The number of piperidine rings is 1. The first-order valence-electron chi connectivity index (χ1n) is 14.6. The normalized spacial score (nSPS) is 20.7. The minimum Gasteiger partial charge on any atom is -0.507 e. The van der Waals surface area contributed by atoms with Gasteiger partial charge in [0.1, 0.15) is 46.3 Å². The van der Waals surface area contributed by atoms with Crippen LogP contribution in [0.2, 0.25) is 0 Å². The quantitative estimate of drug-likeness (QED) is 0.225. The number of para-hydroxylation sites is 1. The number of fused-ring (bicyclic) bond motifs is 1. The number of amides is 1. The number of phenolic OH excluding ortho intramolecular Hbond substituents is 1. The molecule has 13 heteroatoms. The zero-order valence-corrected chi connectivity index (χ0v) is 24.6. The van der Waals surface area contributed by atoms with E-state index in [1.165, 1.54) is 18.3 Å². The Kier molecular flexibility index (Phi) is 8.36. The molecule has 0 radical (unpaired) electrons. The first-order valence-corrected chi connectivity index (χ1v) is 14.6. The van der Waals surface area contributed by atoms with E-state index >= 15 is 0 Å². The number of ether oxygens (including phenoxy) is 1. The zero-order chi connectivity index (χ0) is 32.7. The van der Waals surface area contributed by atoms with Gasteiger partial charge in [0.25, 0.3) is 5.91 Å². The standard InChI is InChI=1S/C33H30F3N5O5/c1-16-14-41(15-22(37)31(16)43)30-18-9-12-26(46-33(45)17-5-2-3-8-25(17)42)28(18)38-13-24(30)40-32(44)23-11-10-21(36)29(39-23)27-19(34)6-4-7-20(27)35/h2-8,10-11,13,16,22,26,31,42-43H,9,12,14-15,37H2,1H3,(H,40,44)/t16-,22+,26+,31+/m0/s1. The number of nitrogens with one attached hydrogen (secondary N) is 1. The highest BCUT2D eigenvalue weighted by atomic mass is 19.1. The lowest BCUT2D eigenvalue weighted by atomic mass is 9.92. The second kappa shape index (κ2) is 12.4. The number of pyridine rings is 2. The largest absolute Gasteiger partial charge is 0.507 e. The Bertz CT molecular complexity index is 1810. The molecule has 5 N–H and O–H groups in total. The average Bonchev–Trinajstić information content (AvgIpc) is 3.42. The summed E-state index contributed by atoms with van der Waals surface area (Å²) in [5.74, 6) is -5.06. The highest BCUT2D eigenvalue weighted by molar-refractivity contribution is 6.05. The van der Waals surface area contributed by atoms with Gasteiger partial charge in [0.2, 0.25) is 0 Å². The molecule has 1 aliphatic carbocycles. The average molecular weight is 634 g/mol. The molecule has 3 heterocycles. The number of hydrogen-bond acceptors (Lipinski definition) is 9. The van der Waals surface area contributed by atoms with E-state index in [0.717, 1.165) is 30.3 Å². The number of aromatic hydroxyl groups is 1. The molecule has 4 atom stereocenters. The van der Waals surface area contributed by atoms with E-state index in [4.69, 9.17) is 10.5 Å². The van der Waals surface area contributed by atoms with Gasteiger partial charge in [-0.3, -0.25) is 9.78 Å². The number of rotatable bonds is 6. The predicted molar refractivity (Wildman–Crippen MR) is 162 cm³/mol. The summed E-state index contributed by atoms with van der Waals surface area (Å²) in [7, 11) is 0. The molecule has 4 aromatic rings. The Morgan fingerprint density at radius 1 is 1.02 bits per heavy atom. The Morgan fingerprint density at radius 3 is 2.48 bits per heavy atom. The van der Waals surface area contributed by atoms with Crippen molar-refractivity contribution in [1.82, 2.24) is 9.97 Å². The van der Waals surface area contributed by atoms with E-state index in [2.05, 4.69) is 15.3 Å². The number of hydrogen-bond donors (Lipinski definition) is 4. The van der Waals surface area contributed by atoms with E-state index in [1.54, 1.807) is 12.1 Å². The van der Waals surface area contributed by atoms with Gasteiger partial charge in [0, 0.05) is 30.6 Å². The van der Waals surface area contributed by atoms with Crippen LogP contribution in [0.25, 0.3) is 11.3 Å². The fourth-order valence-corrected chi connectivity index (χ4v) is 6.05. The van der Waals surface area contributed by atoms with Crippen LogP contribution in [0.15, 0.2) is 60.8 Å². The van der Waals surface area contributed by atoms with Gasteiger partial charge in [-0.2, -0.15) is 0 Å². The minimum absolute atomic E-state index is 0.00584. The fourth-order valence-electron chi connectivity index (χ4n) is 6.05. The second-order valence-corrected chi connectivity index (χ2v) is 11.4. The van der Waals surface area contributed by atoms with E-state index in [9.17, 15) is 33.0 Å². The van der Waals surface area contributed by atoms with Crippen molar-refractivity contribution < 1.29 is 37.7 Å². The van der Waals surface area contributed by atoms with Gasteiger partial charge in [-0.25, -0.2) is 22.9 Å². The summed E-state index contributed by atoms with van der Waals surface area (Å²) in [5, 5.41) is 23.4. The summed E-state index contributed by atoms with van der Waals surface area (Å²) in [6.07, 6.45) is 0.678. The van der Waals surface area contributed by atoms with Crippen molar-refractivity contribution in [3.8, 4) is 17.0 Å². The molecule has 46 heavy (non-hydrogen) atoms. The topological polar surface area (TPSA) is 151 Å². The molecular weight excluding hydrogens is 603 g/mol. The van der Waals surface area contributed by atoms with Crippen LogP contribution in [0.5, 0.6) is 5.75 Å². The van der Waals surface area contributed by atoms with E-state index in [0.29, 0.717) is 36.3 Å². The number of anilines is 2. The number of nitrogens with two attached hydrogens (primary N) is 1. The molecule has 238 valence electrons. The number of carbonyl (C=O) groups excluding carboxylic acids is 2. The van der Waals surface area contributed by atoms with Crippen LogP contribution in [-0.4, -0.2) is 57.3 Å². The minimum atomic E-state index is -1.04. The predicted octanol–water partition coefficient (Wildman–Crippen LogP) is 4.51. The molecule has 0 bridgehead atoms. The summed E-state index contributed by atoms with van der Waals surface area (Å²) in [6.45, 7) is 2.46. The van der Waals surface area contributed by atoms with Gasteiger partial charge in [-0.15, -0.1) is 0 Å². The highest BCUT2D eigenvalue weighted by Crippen LogP contribution is 2.43. The molecule has 2 aromatic carbocycles. The number of phenols is 1. The van der Waals surface area contributed by atoms with Crippen molar-refractivity contribution in [3.05, 3.63) is 101 Å². The Labute approximate surface area is 261 Å². The van der Waals surface area contributed by atoms with Crippen LogP contribution in [0.3, 0.4) is 0 Å². The third-order valence-electron chi connectivity index (χ3n) is 8.32. The summed E-state index contributed by atoms with van der Waals surface area (Å²) >= 11 is 0. The van der Waals surface area contributed by atoms with Gasteiger partial charge in [0.15, 0.2) is 0 Å². The molecular formula is C33H30F3N5O5. The Hall–Kier alpha value is -5.01. The number of carbonyl (C=O) groups is 2. The van der Waals surface area contributed by atoms with Crippen LogP contribution in [0, 0.1) is 23.4 Å². The lowest BCUT2D eigenvalue weighted by Gasteiger charge is -2.41. The number of nitrogens with zero attached hydrogens (tertiary/aromatic N) is 3. The van der Waals surface area contributed by atoms with Crippen molar-refractivity contribution in [3.63, 3.8) is 0 Å². The molecule has 0 spiro atoms. The molecule has 1 aliphatic heterocycles. The van der Waals surface area contributed by atoms with Gasteiger partial charge < -0.3 is 30.9 Å². The molecule has 10 nitrogen and oxygen atoms in total. The lowest BCUT2D eigenvalue weighted by molar-refractivity contribution is 0.0289. The van der Waals surface area contributed by atoms with E-state index < -0.39 is 58.8 Å². The number of aliphatic hydroxyl groups excluding tert-OH is 1. The molecule has 0 unspecified atom stereocenters. The third-order valence-corrected chi connectivity index (χ3v) is 8.32. The maximum atomic E-state index is 14.7. The molecule has 2 aromatic heterocycles. The van der Waals surface area contributed by atoms with Crippen LogP contribution in [-0.2, 0) is 11.2 Å². The Balaban J connectivity index is 1.35. The van der Waals surface area contributed by atoms with Crippen LogP contribution >= 0.6 is 0 Å².